The van der Waals surface area contributed by atoms with Crippen LogP contribution in [0.1, 0.15) is 11.3 Å². The maximum absolute atomic E-state index is 5.44. The van der Waals surface area contributed by atoms with E-state index < -0.39 is 0 Å². The highest BCUT2D eigenvalue weighted by molar-refractivity contribution is 7.13. The lowest BCUT2D eigenvalue weighted by atomic mass is 10.2. The minimum Gasteiger partial charge on any atom is -0.454 e. The maximum atomic E-state index is 5.44. The molecule has 0 atom stereocenters. The second-order valence-corrected chi connectivity index (χ2v) is 6.86. The van der Waals surface area contributed by atoms with Gasteiger partial charge in [0.05, 0.1) is 5.69 Å². The Labute approximate surface area is 154 Å². The smallest absolute Gasteiger partial charge is 0.231 e. The molecule has 0 spiro atoms. The van der Waals surface area contributed by atoms with Crippen LogP contribution in [0, 0.1) is 0 Å². The molecule has 0 bridgehead atoms. The molecule has 1 N–H and O–H groups in total. The van der Waals surface area contributed by atoms with Gasteiger partial charge in [-0.3, -0.25) is 0 Å². The number of ether oxygens (including phenoxy) is 4. The summed E-state index contributed by atoms with van der Waals surface area (Å²) in [6.45, 7) is 2.03. The molecule has 0 amide bonds. The number of nitrogens with one attached hydrogen (secondary N) is 1. The van der Waals surface area contributed by atoms with Gasteiger partial charge in [0.15, 0.2) is 23.0 Å². The van der Waals surface area contributed by atoms with Crippen molar-refractivity contribution in [1.29, 1.82) is 0 Å². The SMILES string of the molecule is c1cc2c(cc1CNCc1csc(-c3ccc4c(c3)OCO4)n1)OCO2. The third kappa shape index (κ3) is 2.95. The standard InChI is InChI=1S/C19H16N2O4S/c1-3-15-17(24-10-22-15)5-12(1)7-20-8-14-9-26-19(21-14)13-2-4-16-18(6-13)25-11-23-16/h1-6,9,20H,7-8,10-11H2. The van der Waals surface area contributed by atoms with Gasteiger partial charge in [0.25, 0.3) is 0 Å². The lowest BCUT2D eigenvalue weighted by Gasteiger charge is -2.04. The van der Waals surface area contributed by atoms with Crippen molar-refractivity contribution in [3.05, 3.63) is 53.0 Å². The van der Waals surface area contributed by atoms with E-state index in [0.717, 1.165) is 51.4 Å². The summed E-state index contributed by atoms with van der Waals surface area (Å²) < 4.78 is 21.5. The molecule has 0 unspecified atom stereocenters. The van der Waals surface area contributed by atoms with E-state index in [4.69, 9.17) is 23.9 Å². The Morgan fingerprint density at radius 2 is 1.58 bits per heavy atom. The first kappa shape index (κ1) is 15.5. The van der Waals surface area contributed by atoms with Crippen LogP contribution in [-0.4, -0.2) is 18.6 Å². The van der Waals surface area contributed by atoms with Crippen LogP contribution in [-0.2, 0) is 13.1 Å². The molecule has 1 aromatic heterocycles. The number of hydrogen-bond acceptors (Lipinski definition) is 7. The van der Waals surface area contributed by atoms with Crippen molar-refractivity contribution >= 4 is 11.3 Å². The first-order valence-electron chi connectivity index (χ1n) is 8.29. The summed E-state index contributed by atoms with van der Waals surface area (Å²) in [5.74, 6) is 3.18. The van der Waals surface area contributed by atoms with E-state index in [1.54, 1.807) is 11.3 Å². The molecule has 5 rings (SSSR count). The highest BCUT2D eigenvalue weighted by atomic mass is 32.1. The number of hydrogen-bond donors (Lipinski definition) is 1. The van der Waals surface area contributed by atoms with Gasteiger partial charge in [0, 0.05) is 24.0 Å². The molecule has 6 nitrogen and oxygen atoms in total. The molecule has 3 aromatic rings. The van der Waals surface area contributed by atoms with Crippen LogP contribution in [0.25, 0.3) is 10.6 Å². The van der Waals surface area contributed by atoms with Crippen molar-refractivity contribution in [2.45, 2.75) is 13.1 Å². The molecule has 132 valence electrons. The predicted octanol–water partition coefficient (Wildman–Crippen LogP) is 3.56. The lowest BCUT2D eigenvalue weighted by molar-refractivity contribution is 0.173. The van der Waals surface area contributed by atoms with Gasteiger partial charge in [-0.15, -0.1) is 11.3 Å². The summed E-state index contributed by atoms with van der Waals surface area (Å²) in [5.41, 5.74) is 3.21. The molecule has 2 aliphatic rings. The Hall–Kier alpha value is -2.77. The fourth-order valence-electron chi connectivity index (χ4n) is 2.94. The van der Waals surface area contributed by atoms with Crippen LogP contribution in [0.4, 0.5) is 0 Å². The molecular formula is C19H16N2O4S. The summed E-state index contributed by atoms with van der Waals surface area (Å²) in [7, 11) is 0. The normalized spacial score (nSPS) is 14.0. The molecule has 2 aromatic carbocycles. The van der Waals surface area contributed by atoms with Crippen LogP contribution < -0.4 is 24.3 Å². The number of rotatable bonds is 5. The van der Waals surface area contributed by atoms with E-state index >= 15 is 0 Å². The molecule has 3 heterocycles. The van der Waals surface area contributed by atoms with Crippen molar-refractivity contribution < 1.29 is 18.9 Å². The zero-order chi connectivity index (χ0) is 17.3. The van der Waals surface area contributed by atoms with Gasteiger partial charge < -0.3 is 24.3 Å². The first-order valence-corrected chi connectivity index (χ1v) is 9.17. The maximum Gasteiger partial charge on any atom is 0.231 e. The summed E-state index contributed by atoms with van der Waals surface area (Å²) >= 11 is 1.63. The zero-order valence-electron chi connectivity index (χ0n) is 13.9. The molecule has 0 fully saturated rings. The number of aromatic nitrogens is 1. The van der Waals surface area contributed by atoms with E-state index in [9.17, 15) is 0 Å². The van der Waals surface area contributed by atoms with Gasteiger partial charge in [-0.2, -0.15) is 0 Å². The fourth-order valence-corrected chi connectivity index (χ4v) is 3.75. The molecule has 26 heavy (non-hydrogen) atoms. The monoisotopic (exact) mass is 368 g/mol. The van der Waals surface area contributed by atoms with Gasteiger partial charge in [0.1, 0.15) is 5.01 Å². The molecular weight excluding hydrogens is 352 g/mol. The fraction of sp³-hybridized carbons (Fsp3) is 0.211. The second-order valence-electron chi connectivity index (χ2n) is 6.00. The number of benzene rings is 2. The predicted molar refractivity (Wildman–Crippen MR) is 96.8 cm³/mol. The van der Waals surface area contributed by atoms with Crippen molar-refractivity contribution in [3.63, 3.8) is 0 Å². The Kier molecular flexibility index (Phi) is 3.88. The molecule has 2 aliphatic heterocycles. The molecule has 0 saturated heterocycles. The van der Waals surface area contributed by atoms with E-state index in [1.165, 1.54) is 0 Å². The Morgan fingerprint density at radius 1 is 0.846 bits per heavy atom. The summed E-state index contributed by atoms with van der Waals surface area (Å²) in [5, 5.41) is 6.47. The van der Waals surface area contributed by atoms with Crippen LogP contribution in [0.3, 0.4) is 0 Å². The Bertz CT molecular complexity index is 956. The van der Waals surface area contributed by atoms with Crippen LogP contribution in [0.15, 0.2) is 41.8 Å². The first-order chi connectivity index (χ1) is 12.8. The van der Waals surface area contributed by atoms with Crippen molar-refractivity contribution in [3.8, 4) is 33.6 Å². The van der Waals surface area contributed by atoms with E-state index in [0.29, 0.717) is 13.3 Å². The van der Waals surface area contributed by atoms with E-state index in [2.05, 4.69) is 10.7 Å². The Balaban J connectivity index is 1.22. The quantitative estimate of drug-likeness (QED) is 0.743. The zero-order valence-corrected chi connectivity index (χ0v) is 14.7. The Morgan fingerprint density at radius 3 is 2.42 bits per heavy atom. The largest absolute Gasteiger partial charge is 0.454 e. The molecule has 7 heteroatoms. The average Bonchev–Trinajstić information content (AvgIpc) is 3.40. The van der Waals surface area contributed by atoms with Crippen LogP contribution in [0.5, 0.6) is 23.0 Å². The van der Waals surface area contributed by atoms with Gasteiger partial charge in [-0.1, -0.05) is 6.07 Å². The van der Waals surface area contributed by atoms with Gasteiger partial charge >= 0.3 is 0 Å². The lowest BCUT2D eigenvalue weighted by Crippen LogP contribution is -2.12. The van der Waals surface area contributed by atoms with Crippen molar-refractivity contribution in [2.24, 2.45) is 0 Å². The van der Waals surface area contributed by atoms with Gasteiger partial charge in [-0.05, 0) is 35.9 Å². The van der Waals surface area contributed by atoms with Crippen molar-refractivity contribution in [2.75, 3.05) is 13.6 Å². The van der Waals surface area contributed by atoms with Gasteiger partial charge in [-0.25, -0.2) is 4.98 Å². The van der Waals surface area contributed by atoms with E-state index in [-0.39, 0.29) is 6.79 Å². The molecule has 0 radical (unpaired) electrons. The van der Waals surface area contributed by atoms with E-state index in [1.807, 2.05) is 36.4 Å². The molecule has 0 aliphatic carbocycles. The average molecular weight is 368 g/mol. The van der Waals surface area contributed by atoms with Crippen molar-refractivity contribution in [1.82, 2.24) is 10.3 Å². The van der Waals surface area contributed by atoms with Crippen LogP contribution in [0.2, 0.25) is 0 Å². The highest BCUT2D eigenvalue weighted by Crippen LogP contribution is 2.36. The third-order valence-electron chi connectivity index (χ3n) is 4.24. The minimum atomic E-state index is 0.283. The second kappa shape index (κ2) is 6.51. The highest BCUT2D eigenvalue weighted by Gasteiger charge is 2.15. The topological polar surface area (TPSA) is 61.8 Å². The van der Waals surface area contributed by atoms with Crippen LogP contribution >= 0.6 is 11.3 Å². The summed E-state index contributed by atoms with van der Waals surface area (Å²) in [6, 6.07) is 11.9. The number of thiazole rings is 1. The minimum absolute atomic E-state index is 0.283. The summed E-state index contributed by atoms with van der Waals surface area (Å²) in [4.78, 5) is 4.71. The number of fused-ring (bicyclic) bond motifs is 2. The third-order valence-corrected chi connectivity index (χ3v) is 5.18. The summed E-state index contributed by atoms with van der Waals surface area (Å²) in [6.07, 6.45) is 0. The molecule has 0 saturated carbocycles. The number of nitrogens with zero attached hydrogens (tertiary/aromatic N) is 1. The van der Waals surface area contributed by atoms with Gasteiger partial charge in [0.2, 0.25) is 13.6 Å².